The van der Waals surface area contributed by atoms with Crippen LogP contribution in [0.2, 0.25) is 0 Å². The van der Waals surface area contributed by atoms with Gasteiger partial charge in [0.25, 0.3) is 5.91 Å². The van der Waals surface area contributed by atoms with Crippen molar-refractivity contribution in [2.75, 3.05) is 20.8 Å². The maximum Gasteiger partial charge on any atom is 0.257 e. The molecule has 1 amide bonds. The molecule has 3 aromatic carbocycles. The number of hydrogen-bond donors (Lipinski definition) is 0. The van der Waals surface area contributed by atoms with Crippen molar-refractivity contribution in [3.05, 3.63) is 95.3 Å². The van der Waals surface area contributed by atoms with Gasteiger partial charge in [-0.3, -0.25) is 4.79 Å². The Morgan fingerprint density at radius 2 is 1.59 bits per heavy atom. The molecule has 0 aliphatic heterocycles. The Balaban J connectivity index is 1.83. The van der Waals surface area contributed by atoms with Crippen molar-refractivity contribution in [3.8, 4) is 11.5 Å². The molecule has 0 spiro atoms. The number of carbonyl (C=O) groups excluding carboxylic acids is 1. The Kier molecular flexibility index (Phi) is 6.85. The van der Waals surface area contributed by atoms with Gasteiger partial charge < -0.3 is 14.4 Å². The molecular weight excluding hydrogens is 369 g/mol. The number of benzene rings is 3. The highest BCUT2D eigenvalue weighted by molar-refractivity contribution is 5.94. The second-order valence-electron chi connectivity index (χ2n) is 6.62. The van der Waals surface area contributed by atoms with Gasteiger partial charge >= 0.3 is 0 Å². The molecule has 0 aliphatic rings. The summed E-state index contributed by atoms with van der Waals surface area (Å²) in [4.78, 5) is 14.8. The number of carbonyl (C=O) groups is 1. The van der Waals surface area contributed by atoms with Crippen molar-refractivity contribution >= 4 is 5.91 Å². The zero-order valence-corrected chi connectivity index (χ0v) is 16.6. The van der Waals surface area contributed by atoms with Gasteiger partial charge in [-0.2, -0.15) is 0 Å². The van der Waals surface area contributed by atoms with Gasteiger partial charge in [-0.1, -0.05) is 42.5 Å². The van der Waals surface area contributed by atoms with Crippen LogP contribution < -0.4 is 9.47 Å². The van der Waals surface area contributed by atoms with Crippen LogP contribution in [0.4, 0.5) is 4.39 Å². The average Bonchev–Trinajstić information content (AvgIpc) is 2.77. The van der Waals surface area contributed by atoms with Crippen molar-refractivity contribution in [3.63, 3.8) is 0 Å². The van der Waals surface area contributed by atoms with Crippen LogP contribution in [0.3, 0.4) is 0 Å². The van der Waals surface area contributed by atoms with E-state index < -0.39 is 5.82 Å². The normalized spacial score (nSPS) is 10.4. The minimum Gasteiger partial charge on any atom is -0.497 e. The highest BCUT2D eigenvalue weighted by Gasteiger charge is 2.20. The number of nitrogens with zero attached hydrogens (tertiary/aromatic N) is 1. The molecule has 0 bridgehead atoms. The first-order chi connectivity index (χ1) is 14.1. The highest BCUT2D eigenvalue weighted by atomic mass is 19.1. The topological polar surface area (TPSA) is 38.8 Å². The van der Waals surface area contributed by atoms with Gasteiger partial charge in [-0.15, -0.1) is 0 Å². The first-order valence-electron chi connectivity index (χ1n) is 9.41. The van der Waals surface area contributed by atoms with E-state index in [-0.39, 0.29) is 11.5 Å². The van der Waals surface area contributed by atoms with Crippen molar-refractivity contribution in [2.24, 2.45) is 0 Å². The van der Waals surface area contributed by atoms with E-state index in [2.05, 4.69) is 0 Å². The molecule has 0 atom stereocenters. The number of hydrogen-bond acceptors (Lipinski definition) is 3. The van der Waals surface area contributed by atoms with Gasteiger partial charge in [0.05, 0.1) is 19.8 Å². The van der Waals surface area contributed by atoms with Crippen LogP contribution in [0.1, 0.15) is 21.5 Å². The molecule has 0 fully saturated rings. The third-order valence-corrected chi connectivity index (χ3v) is 4.77. The van der Waals surface area contributed by atoms with Gasteiger partial charge in [0, 0.05) is 13.1 Å². The molecule has 29 heavy (non-hydrogen) atoms. The van der Waals surface area contributed by atoms with Crippen molar-refractivity contribution in [2.45, 2.75) is 13.0 Å². The van der Waals surface area contributed by atoms with Crippen LogP contribution in [0, 0.1) is 5.82 Å². The summed E-state index contributed by atoms with van der Waals surface area (Å²) in [7, 11) is 3.23. The number of amides is 1. The Morgan fingerprint density at radius 3 is 2.28 bits per heavy atom. The smallest absolute Gasteiger partial charge is 0.257 e. The number of methoxy groups -OCH3 is 2. The summed E-state index contributed by atoms with van der Waals surface area (Å²) in [6, 6.07) is 21.3. The molecule has 0 heterocycles. The van der Waals surface area contributed by atoms with Gasteiger partial charge in [0.1, 0.15) is 17.3 Å². The Bertz CT molecular complexity index is 956. The minimum absolute atomic E-state index is 0.0704. The lowest BCUT2D eigenvalue weighted by Crippen LogP contribution is -2.33. The summed E-state index contributed by atoms with van der Waals surface area (Å²) >= 11 is 0. The van der Waals surface area contributed by atoms with Crippen molar-refractivity contribution in [1.82, 2.24) is 4.90 Å². The molecular formula is C24H24FNO3. The molecule has 4 nitrogen and oxygen atoms in total. The molecule has 0 saturated heterocycles. The van der Waals surface area contributed by atoms with E-state index >= 15 is 0 Å². The summed E-state index contributed by atoms with van der Waals surface area (Å²) in [5, 5.41) is 0. The van der Waals surface area contributed by atoms with Crippen molar-refractivity contribution < 1.29 is 18.7 Å². The Hall–Kier alpha value is -3.34. The van der Waals surface area contributed by atoms with E-state index in [1.165, 1.54) is 12.1 Å². The fraction of sp³-hybridized carbons (Fsp3) is 0.208. The standard InChI is InChI=1S/C24H24FNO3/c1-28-20-13-11-18(12-14-20)17-26(24(27)21-8-4-5-9-22(21)25)16-15-19-7-3-6-10-23(19)29-2/h3-14H,15-17H2,1-2H3. The quantitative estimate of drug-likeness (QED) is 0.555. The number of halogens is 1. The predicted octanol–water partition coefficient (Wildman–Crippen LogP) is 4.73. The van der Waals surface area contributed by atoms with E-state index in [9.17, 15) is 9.18 Å². The second-order valence-corrected chi connectivity index (χ2v) is 6.62. The summed E-state index contributed by atoms with van der Waals surface area (Å²) < 4.78 is 24.8. The first-order valence-corrected chi connectivity index (χ1v) is 9.41. The SMILES string of the molecule is COc1ccc(CN(CCc2ccccc2OC)C(=O)c2ccccc2F)cc1. The monoisotopic (exact) mass is 393 g/mol. The molecule has 5 heteroatoms. The van der Waals surface area contributed by atoms with Crippen LogP contribution >= 0.6 is 0 Å². The molecule has 0 aromatic heterocycles. The zero-order valence-electron chi connectivity index (χ0n) is 16.6. The van der Waals surface area contributed by atoms with E-state index in [4.69, 9.17) is 9.47 Å². The largest absolute Gasteiger partial charge is 0.497 e. The molecule has 0 saturated carbocycles. The summed E-state index contributed by atoms with van der Waals surface area (Å²) in [6.07, 6.45) is 0.598. The third kappa shape index (κ3) is 5.13. The molecule has 0 N–H and O–H groups in total. The van der Waals surface area contributed by atoms with Gasteiger partial charge in [0.15, 0.2) is 0 Å². The van der Waals surface area contributed by atoms with E-state index in [0.29, 0.717) is 19.5 Å². The van der Waals surface area contributed by atoms with Crippen LogP contribution in [-0.4, -0.2) is 31.6 Å². The number of rotatable bonds is 8. The maximum atomic E-state index is 14.2. The van der Waals surface area contributed by atoms with E-state index in [1.54, 1.807) is 31.3 Å². The van der Waals surface area contributed by atoms with Crippen LogP contribution in [0.5, 0.6) is 11.5 Å². The lowest BCUT2D eigenvalue weighted by molar-refractivity contribution is 0.0740. The van der Waals surface area contributed by atoms with Crippen LogP contribution in [0.25, 0.3) is 0 Å². The van der Waals surface area contributed by atoms with Gasteiger partial charge in [-0.25, -0.2) is 4.39 Å². The van der Waals surface area contributed by atoms with Crippen LogP contribution in [-0.2, 0) is 13.0 Å². The lowest BCUT2D eigenvalue weighted by atomic mass is 10.1. The number of ether oxygens (including phenoxy) is 2. The Morgan fingerprint density at radius 1 is 0.897 bits per heavy atom. The maximum absolute atomic E-state index is 14.2. The third-order valence-electron chi connectivity index (χ3n) is 4.77. The molecule has 0 aliphatic carbocycles. The predicted molar refractivity (Wildman–Crippen MR) is 111 cm³/mol. The van der Waals surface area contributed by atoms with E-state index in [0.717, 1.165) is 22.6 Å². The average molecular weight is 393 g/mol. The number of para-hydroxylation sites is 1. The van der Waals surface area contributed by atoms with Crippen molar-refractivity contribution in [1.29, 1.82) is 0 Å². The van der Waals surface area contributed by atoms with Crippen LogP contribution in [0.15, 0.2) is 72.8 Å². The lowest BCUT2D eigenvalue weighted by Gasteiger charge is -2.24. The fourth-order valence-electron chi connectivity index (χ4n) is 3.17. The molecule has 3 rings (SSSR count). The van der Waals surface area contributed by atoms with E-state index in [1.807, 2.05) is 48.5 Å². The molecule has 0 radical (unpaired) electrons. The summed E-state index contributed by atoms with van der Waals surface area (Å²) in [5.74, 6) is 0.660. The van der Waals surface area contributed by atoms with Gasteiger partial charge in [-0.05, 0) is 47.9 Å². The summed E-state index contributed by atoms with van der Waals surface area (Å²) in [6.45, 7) is 0.798. The zero-order chi connectivity index (χ0) is 20.6. The summed E-state index contributed by atoms with van der Waals surface area (Å²) in [5.41, 5.74) is 2.01. The minimum atomic E-state index is -0.519. The Labute approximate surface area is 170 Å². The molecule has 0 unspecified atom stereocenters. The highest BCUT2D eigenvalue weighted by Crippen LogP contribution is 2.20. The molecule has 150 valence electrons. The fourth-order valence-corrected chi connectivity index (χ4v) is 3.17. The first kappa shape index (κ1) is 20.4. The van der Waals surface area contributed by atoms with Gasteiger partial charge in [0.2, 0.25) is 0 Å². The molecule has 3 aromatic rings. The second kappa shape index (κ2) is 9.73.